The van der Waals surface area contributed by atoms with Gasteiger partial charge >= 0.3 is 0 Å². The molecule has 3 amide bonds. The van der Waals surface area contributed by atoms with Gasteiger partial charge in [0, 0.05) is 18.0 Å². The van der Waals surface area contributed by atoms with Crippen molar-refractivity contribution in [1.29, 1.82) is 0 Å². The SMILES string of the molecule is O=C(CCN1C(=O)[C@@H]2CCCC[C@H]2C1=O)NCCOc1ccc(Cl)cc1. The predicted octanol–water partition coefficient (Wildman–Crippen LogP) is 2.40. The third kappa shape index (κ3) is 4.36. The molecule has 140 valence electrons. The smallest absolute Gasteiger partial charge is 0.233 e. The minimum absolute atomic E-state index is 0.0985. The van der Waals surface area contributed by atoms with Gasteiger partial charge in [-0.1, -0.05) is 24.4 Å². The van der Waals surface area contributed by atoms with Crippen molar-refractivity contribution in [1.82, 2.24) is 10.2 Å². The Balaban J connectivity index is 1.37. The topological polar surface area (TPSA) is 75.7 Å². The molecule has 0 aromatic heterocycles. The van der Waals surface area contributed by atoms with E-state index in [4.69, 9.17) is 16.3 Å². The summed E-state index contributed by atoms with van der Waals surface area (Å²) in [4.78, 5) is 37.9. The lowest BCUT2D eigenvalue weighted by molar-refractivity contribution is -0.140. The summed E-state index contributed by atoms with van der Waals surface area (Å²) in [5, 5.41) is 3.38. The van der Waals surface area contributed by atoms with E-state index in [1.807, 2.05) is 0 Å². The van der Waals surface area contributed by atoms with Crippen LogP contribution in [0.3, 0.4) is 0 Å². The minimum Gasteiger partial charge on any atom is -0.492 e. The Morgan fingerprint density at radius 1 is 1.12 bits per heavy atom. The molecule has 3 rings (SSSR count). The third-order valence-electron chi connectivity index (χ3n) is 5.00. The van der Waals surface area contributed by atoms with E-state index >= 15 is 0 Å². The fourth-order valence-corrected chi connectivity index (χ4v) is 3.77. The lowest BCUT2D eigenvalue weighted by Crippen LogP contribution is -2.36. The van der Waals surface area contributed by atoms with Crippen LogP contribution in [0.1, 0.15) is 32.1 Å². The molecule has 1 aromatic rings. The number of halogens is 1. The normalized spacial score (nSPS) is 22.3. The predicted molar refractivity (Wildman–Crippen MR) is 96.7 cm³/mol. The van der Waals surface area contributed by atoms with Crippen molar-refractivity contribution in [3.05, 3.63) is 29.3 Å². The maximum Gasteiger partial charge on any atom is 0.233 e. The molecule has 2 atom stereocenters. The average molecular weight is 379 g/mol. The molecule has 1 saturated heterocycles. The standard InChI is InChI=1S/C19H23ClN2O4/c20-13-5-7-14(8-6-13)26-12-10-21-17(23)9-11-22-18(24)15-3-1-2-4-16(15)19(22)25/h5-8,15-16H,1-4,9-12H2,(H,21,23)/t15-,16-/m1/s1. The molecule has 2 aliphatic rings. The third-order valence-corrected chi connectivity index (χ3v) is 5.25. The fourth-order valence-electron chi connectivity index (χ4n) is 3.64. The molecule has 1 N–H and O–H groups in total. The van der Waals surface area contributed by atoms with Crippen LogP contribution in [-0.2, 0) is 14.4 Å². The second-order valence-electron chi connectivity index (χ2n) is 6.73. The Kier molecular flexibility index (Phi) is 6.14. The average Bonchev–Trinajstić information content (AvgIpc) is 2.89. The van der Waals surface area contributed by atoms with Gasteiger partial charge in [-0.15, -0.1) is 0 Å². The van der Waals surface area contributed by atoms with Gasteiger partial charge in [-0.2, -0.15) is 0 Å². The van der Waals surface area contributed by atoms with Gasteiger partial charge in [0.15, 0.2) is 0 Å². The van der Waals surface area contributed by atoms with Gasteiger partial charge in [-0.3, -0.25) is 19.3 Å². The Morgan fingerprint density at radius 2 is 1.73 bits per heavy atom. The zero-order valence-electron chi connectivity index (χ0n) is 14.6. The monoisotopic (exact) mass is 378 g/mol. The summed E-state index contributed by atoms with van der Waals surface area (Å²) in [6.07, 6.45) is 3.71. The quantitative estimate of drug-likeness (QED) is 0.584. The van der Waals surface area contributed by atoms with E-state index in [2.05, 4.69) is 5.32 Å². The zero-order valence-corrected chi connectivity index (χ0v) is 15.3. The Bertz CT molecular complexity index is 653. The Labute approximate surface area is 157 Å². The molecule has 0 unspecified atom stereocenters. The molecule has 1 saturated carbocycles. The molecule has 0 spiro atoms. The Morgan fingerprint density at radius 3 is 2.35 bits per heavy atom. The number of imide groups is 1. The number of fused-ring (bicyclic) bond motifs is 1. The number of likely N-dealkylation sites (tertiary alicyclic amines) is 1. The second kappa shape index (κ2) is 8.54. The van der Waals surface area contributed by atoms with E-state index in [1.54, 1.807) is 24.3 Å². The Hall–Kier alpha value is -2.08. The van der Waals surface area contributed by atoms with E-state index in [9.17, 15) is 14.4 Å². The molecule has 7 heteroatoms. The number of carbonyl (C=O) groups is 3. The van der Waals surface area contributed by atoms with Crippen molar-refractivity contribution >= 4 is 29.3 Å². The van der Waals surface area contributed by atoms with Crippen LogP contribution in [0.25, 0.3) is 0 Å². The van der Waals surface area contributed by atoms with Gasteiger partial charge in [-0.05, 0) is 37.1 Å². The molecular formula is C19H23ClN2O4. The summed E-state index contributed by atoms with van der Waals surface area (Å²) in [6.45, 7) is 0.849. The van der Waals surface area contributed by atoms with Crippen molar-refractivity contribution in [2.75, 3.05) is 19.7 Å². The van der Waals surface area contributed by atoms with Crippen LogP contribution < -0.4 is 10.1 Å². The molecule has 1 aliphatic heterocycles. The molecule has 1 heterocycles. The van der Waals surface area contributed by atoms with Crippen LogP contribution in [0.5, 0.6) is 5.75 Å². The van der Waals surface area contributed by atoms with Crippen LogP contribution >= 0.6 is 11.6 Å². The zero-order chi connectivity index (χ0) is 18.5. The van der Waals surface area contributed by atoms with Gasteiger partial charge in [0.1, 0.15) is 12.4 Å². The molecule has 26 heavy (non-hydrogen) atoms. The first-order valence-electron chi connectivity index (χ1n) is 9.06. The first kappa shape index (κ1) is 18.7. The van der Waals surface area contributed by atoms with E-state index in [0.29, 0.717) is 23.9 Å². The molecule has 2 fully saturated rings. The molecule has 0 bridgehead atoms. The summed E-state index contributed by atoms with van der Waals surface area (Å²) in [5.74, 6) is -0.0315. The summed E-state index contributed by atoms with van der Waals surface area (Å²) in [6, 6.07) is 6.98. The number of amides is 3. The van der Waals surface area contributed by atoms with E-state index in [1.165, 1.54) is 4.90 Å². The summed E-state index contributed by atoms with van der Waals surface area (Å²) in [7, 11) is 0. The number of nitrogens with one attached hydrogen (secondary N) is 1. The molecule has 0 radical (unpaired) electrons. The minimum atomic E-state index is -0.194. The summed E-state index contributed by atoms with van der Waals surface area (Å²) >= 11 is 5.80. The van der Waals surface area contributed by atoms with Crippen molar-refractivity contribution in [2.45, 2.75) is 32.1 Å². The van der Waals surface area contributed by atoms with Crippen molar-refractivity contribution in [3.8, 4) is 5.75 Å². The lowest BCUT2D eigenvalue weighted by atomic mass is 9.81. The number of hydrogen-bond acceptors (Lipinski definition) is 4. The fraction of sp³-hybridized carbons (Fsp3) is 0.526. The van der Waals surface area contributed by atoms with Gasteiger partial charge in [0.05, 0.1) is 18.4 Å². The molecule has 6 nitrogen and oxygen atoms in total. The van der Waals surface area contributed by atoms with Crippen LogP contribution in [0.4, 0.5) is 0 Å². The highest BCUT2D eigenvalue weighted by molar-refractivity contribution is 6.30. The van der Waals surface area contributed by atoms with Crippen LogP contribution in [0.15, 0.2) is 24.3 Å². The number of benzene rings is 1. The highest BCUT2D eigenvalue weighted by Crippen LogP contribution is 2.37. The van der Waals surface area contributed by atoms with Crippen LogP contribution in [0.2, 0.25) is 5.02 Å². The summed E-state index contributed by atoms with van der Waals surface area (Å²) < 4.78 is 5.50. The van der Waals surface area contributed by atoms with Crippen molar-refractivity contribution in [3.63, 3.8) is 0 Å². The van der Waals surface area contributed by atoms with Crippen molar-refractivity contribution < 1.29 is 19.1 Å². The molecule has 1 aromatic carbocycles. The van der Waals surface area contributed by atoms with Crippen LogP contribution in [-0.4, -0.2) is 42.3 Å². The van der Waals surface area contributed by atoms with E-state index in [0.717, 1.165) is 25.7 Å². The van der Waals surface area contributed by atoms with Crippen molar-refractivity contribution in [2.24, 2.45) is 11.8 Å². The first-order valence-corrected chi connectivity index (χ1v) is 9.44. The number of nitrogens with zero attached hydrogens (tertiary/aromatic N) is 1. The number of rotatable bonds is 7. The van der Waals surface area contributed by atoms with Gasteiger partial charge < -0.3 is 10.1 Å². The lowest BCUT2D eigenvalue weighted by Gasteiger charge is -2.19. The maximum atomic E-state index is 12.3. The largest absolute Gasteiger partial charge is 0.492 e. The van der Waals surface area contributed by atoms with Crippen LogP contribution in [0, 0.1) is 11.8 Å². The number of hydrogen-bond donors (Lipinski definition) is 1. The van der Waals surface area contributed by atoms with Gasteiger partial charge in [-0.25, -0.2) is 0 Å². The highest BCUT2D eigenvalue weighted by Gasteiger charge is 2.47. The maximum absolute atomic E-state index is 12.3. The second-order valence-corrected chi connectivity index (χ2v) is 7.16. The highest BCUT2D eigenvalue weighted by atomic mass is 35.5. The van der Waals surface area contributed by atoms with Gasteiger partial charge in [0.25, 0.3) is 0 Å². The first-order chi connectivity index (χ1) is 12.6. The summed E-state index contributed by atoms with van der Waals surface area (Å²) in [5.41, 5.74) is 0. The number of carbonyl (C=O) groups excluding carboxylic acids is 3. The molecular weight excluding hydrogens is 356 g/mol. The molecule has 1 aliphatic carbocycles. The van der Waals surface area contributed by atoms with Gasteiger partial charge in [0.2, 0.25) is 17.7 Å². The number of ether oxygens (including phenoxy) is 1. The van der Waals surface area contributed by atoms with E-state index < -0.39 is 0 Å². The van der Waals surface area contributed by atoms with E-state index in [-0.39, 0.29) is 42.5 Å².